The molecule has 0 spiro atoms. The molecule has 27 heavy (non-hydrogen) atoms. The Balaban J connectivity index is 1.64. The Morgan fingerprint density at radius 2 is 1.70 bits per heavy atom. The zero-order chi connectivity index (χ0) is 19.7. The molecule has 0 aliphatic heterocycles. The molecule has 8 nitrogen and oxygen atoms in total. The van der Waals surface area contributed by atoms with Gasteiger partial charge in [-0.05, 0) is 30.3 Å². The van der Waals surface area contributed by atoms with E-state index in [0.717, 1.165) is 0 Å². The van der Waals surface area contributed by atoms with Crippen LogP contribution in [-0.4, -0.2) is 38.7 Å². The van der Waals surface area contributed by atoms with Crippen LogP contribution in [0.2, 0.25) is 0 Å². The molecule has 0 fully saturated rings. The SMILES string of the molecule is O=S(=O)(CCNS(=O)(=O)c1cc(F)cc(F)c1)Nc1ccn2nccc2c1. The fourth-order valence-electron chi connectivity index (χ4n) is 2.29. The summed E-state index contributed by atoms with van der Waals surface area (Å²) in [5, 5.41) is 3.98. The third-order valence-corrected chi connectivity index (χ3v) is 6.21. The molecule has 12 heteroatoms. The highest BCUT2D eigenvalue weighted by Crippen LogP contribution is 2.14. The number of pyridine rings is 1. The predicted octanol–water partition coefficient (Wildman–Crippen LogP) is 1.33. The minimum absolute atomic E-state index is 0.290. The smallest absolute Gasteiger partial charge is 0.240 e. The van der Waals surface area contributed by atoms with Gasteiger partial charge in [0.25, 0.3) is 0 Å². The molecule has 0 amide bonds. The van der Waals surface area contributed by atoms with Crippen LogP contribution in [0.1, 0.15) is 0 Å². The van der Waals surface area contributed by atoms with Gasteiger partial charge in [-0.2, -0.15) is 5.10 Å². The van der Waals surface area contributed by atoms with Gasteiger partial charge in [-0.1, -0.05) is 0 Å². The van der Waals surface area contributed by atoms with Gasteiger partial charge < -0.3 is 0 Å². The van der Waals surface area contributed by atoms with Crippen molar-refractivity contribution in [1.29, 1.82) is 0 Å². The second-order valence-corrected chi connectivity index (χ2v) is 9.15. The van der Waals surface area contributed by atoms with E-state index in [1.165, 1.54) is 6.07 Å². The third kappa shape index (κ3) is 4.78. The zero-order valence-corrected chi connectivity index (χ0v) is 15.3. The Labute approximate surface area is 153 Å². The van der Waals surface area contributed by atoms with E-state index in [-0.39, 0.29) is 5.69 Å². The molecule has 0 aliphatic rings. The summed E-state index contributed by atoms with van der Waals surface area (Å²) in [6.07, 6.45) is 3.12. The lowest BCUT2D eigenvalue weighted by Crippen LogP contribution is -2.31. The summed E-state index contributed by atoms with van der Waals surface area (Å²) in [7, 11) is -8.12. The maximum Gasteiger partial charge on any atom is 0.240 e. The van der Waals surface area contributed by atoms with Gasteiger partial charge in [-0.3, -0.25) is 4.72 Å². The summed E-state index contributed by atoms with van der Waals surface area (Å²) in [5.74, 6) is -2.69. The highest BCUT2D eigenvalue weighted by molar-refractivity contribution is 7.92. The highest BCUT2D eigenvalue weighted by atomic mass is 32.2. The molecule has 0 aliphatic carbocycles. The molecule has 0 saturated carbocycles. The topological polar surface area (TPSA) is 110 Å². The Kier molecular flexibility index (Phi) is 5.13. The van der Waals surface area contributed by atoms with Crippen LogP contribution in [0.5, 0.6) is 0 Å². The first-order valence-corrected chi connectivity index (χ1v) is 10.7. The molecule has 2 N–H and O–H groups in total. The molecule has 0 unspecified atom stereocenters. The van der Waals surface area contributed by atoms with Gasteiger partial charge in [0.2, 0.25) is 20.0 Å². The van der Waals surface area contributed by atoms with Gasteiger partial charge in [0.1, 0.15) is 11.6 Å². The average Bonchev–Trinajstić information content (AvgIpc) is 3.00. The fraction of sp³-hybridized carbons (Fsp3) is 0.133. The summed E-state index contributed by atoms with van der Waals surface area (Å²) < 4.78 is 80.5. The lowest BCUT2D eigenvalue weighted by molar-refractivity contribution is 0.561. The fourth-order valence-corrected chi connectivity index (χ4v) is 4.45. The number of halogens is 2. The van der Waals surface area contributed by atoms with Gasteiger partial charge in [0.05, 0.1) is 21.9 Å². The number of hydrogen-bond acceptors (Lipinski definition) is 5. The van der Waals surface area contributed by atoms with Crippen molar-refractivity contribution in [2.45, 2.75) is 4.90 Å². The predicted molar refractivity (Wildman–Crippen MR) is 94.1 cm³/mol. The minimum Gasteiger partial charge on any atom is -0.283 e. The zero-order valence-electron chi connectivity index (χ0n) is 13.6. The van der Waals surface area contributed by atoms with Gasteiger partial charge in [0, 0.05) is 25.0 Å². The number of anilines is 1. The number of nitrogens with one attached hydrogen (secondary N) is 2. The van der Waals surface area contributed by atoms with Crippen LogP contribution in [0.3, 0.4) is 0 Å². The van der Waals surface area contributed by atoms with Crippen molar-refractivity contribution in [2.75, 3.05) is 17.0 Å². The van der Waals surface area contributed by atoms with Crippen LogP contribution in [0.15, 0.2) is 53.7 Å². The number of benzene rings is 1. The summed E-state index contributed by atoms with van der Waals surface area (Å²) >= 11 is 0. The van der Waals surface area contributed by atoms with Gasteiger partial charge >= 0.3 is 0 Å². The molecule has 2 heterocycles. The van der Waals surface area contributed by atoms with Crippen molar-refractivity contribution >= 4 is 31.3 Å². The molecule has 1 aromatic carbocycles. The number of rotatable bonds is 7. The Morgan fingerprint density at radius 1 is 1.00 bits per heavy atom. The third-order valence-electron chi connectivity index (χ3n) is 3.48. The normalized spacial score (nSPS) is 12.4. The average molecular weight is 416 g/mol. The monoisotopic (exact) mass is 416 g/mol. The van der Waals surface area contributed by atoms with E-state index >= 15 is 0 Å². The van der Waals surface area contributed by atoms with Crippen molar-refractivity contribution in [2.24, 2.45) is 0 Å². The van der Waals surface area contributed by atoms with Gasteiger partial charge in [-0.15, -0.1) is 0 Å². The Bertz CT molecular complexity index is 1170. The van der Waals surface area contributed by atoms with E-state index in [1.807, 2.05) is 4.72 Å². The molecule has 144 valence electrons. The Morgan fingerprint density at radius 3 is 2.41 bits per heavy atom. The van der Waals surface area contributed by atoms with E-state index in [9.17, 15) is 25.6 Å². The first-order valence-electron chi connectivity index (χ1n) is 7.54. The van der Waals surface area contributed by atoms with Crippen LogP contribution in [0, 0.1) is 11.6 Å². The van der Waals surface area contributed by atoms with Crippen LogP contribution >= 0.6 is 0 Å². The number of fused-ring (bicyclic) bond motifs is 1. The minimum atomic E-state index is -4.26. The quantitative estimate of drug-likeness (QED) is 0.604. The number of hydrogen-bond donors (Lipinski definition) is 2. The lowest BCUT2D eigenvalue weighted by Gasteiger charge is -2.10. The van der Waals surface area contributed by atoms with E-state index in [0.29, 0.717) is 23.7 Å². The molecular weight excluding hydrogens is 402 g/mol. The van der Waals surface area contributed by atoms with Crippen molar-refractivity contribution in [1.82, 2.24) is 14.3 Å². The summed E-state index contributed by atoms with van der Waals surface area (Å²) in [6, 6.07) is 6.55. The maximum atomic E-state index is 13.2. The van der Waals surface area contributed by atoms with E-state index in [1.54, 1.807) is 29.0 Å². The van der Waals surface area contributed by atoms with Crippen LogP contribution < -0.4 is 9.44 Å². The first kappa shape index (κ1) is 19.2. The molecule has 0 atom stereocenters. The van der Waals surface area contributed by atoms with Gasteiger partial charge in [0.15, 0.2) is 0 Å². The first-order chi connectivity index (χ1) is 12.6. The highest BCUT2D eigenvalue weighted by Gasteiger charge is 2.18. The maximum absolute atomic E-state index is 13.2. The molecule has 3 aromatic rings. The van der Waals surface area contributed by atoms with Crippen molar-refractivity contribution < 1.29 is 25.6 Å². The van der Waals surface area contributed by atoms with Crippen LogP contribution in [0.4, 0.5) is 14.5 Å². The molecule has 0 saturated heterocycles. The van der Waals surface area contributed by atoms with Crippen molar-refractivity contribution in [3.8, 4) is 0 Å². The standard InChI is InChI=1S/C15H14F2N4O4S2/c16-11-7-12(17)9-15(8-11)27(24,25)19-4-6-26(22,23)20-13-2-5-21-14(10-13)1-3-18-21/h1-3,5,7-10,19-20H,4,6H2. The largest absolute Gasteiger partial charge is 0.283 e. The number of sulfonamides is 2. The van der Waals surface area contributed by atoms with E-state index in [2.05, 4.69) is 9.82 Å². The van der Waals surface area contributed by atoms with E-state index < -0.39 is 48.9 Å². The molecule has 0 bridgehead atoms. The molecular formula is C15H14F2N4O4S2. The second-order valence-electron chi connectivity index (χ2n) is 5.54. The number of aromatic nitrogens is 2. The molecule has 2 aromatic heterocycles. The molecule has 3 rings (SSSR count). The van der Waals surface area contributed by atoms with Crippen molar-refractivity contribution in [3.05, 3.63) is 60.4 Å². The van der Waals surface area contributed by atoms with Crippen molar-refractivity contribution in [3.63, 3.8) is 0 Å². The molecule has 0 radical (unpaired) electrons. The summed E-state index contributed by atoms with van der Waals surface area (Å²) in [6.45, 7) is -0.481. The second kappa shape index (κ2) is 7.21. The van der Waals surface area contributed by atoms with Crippen LogP contribution in [0.25, 0.3) is 5.52 Å². The summed E-state index contributed by atoms with van der Waals surface area (Å²) in [4.78, 5) is -0.628. The van der Waals surface area contributed by atoms with Crippen LogP contribution in [-0.2, 0) is 20.0 Å². The summed E-state index contributed by atoms with van der Waals surface area (Å²) in [5.41, 5.74) is 0.960. The Hall–Kier alpha value is -2.57. The lowest BCUT2D eigenvalue weighted by atomic mass is 10.3. The van der Waals surface area contributed by atoms with Gasteiger partial charge in [-0.25, -0.2) is 34.9 Å². The number of nitrogens with zero attached hydrogens (tertiary/aromatic N) is 2. The van der Waals surface area contributed by atoms with E-state index in [4.69, 9.17) is 0 Å².